The van der Waals surface area contributed by atoms with Crippen LogP contribution in [-0.4, -0.2) is 15.7 Å². The quantitative estimate of drug-likeness (QED) is 0.521. The van der Waals surface area contributed by atoms with Crippen LogP contribution in [0.1, 0.15) is 21.5 Å². The van der Waals surface area contributed by atoms with E-state index in [9.17, 15) is 4.79 Å². The minimum Gasteiger partial charge on any atom is -0.366 e. The highest BCUT2D eigenvalue weighted by molar-refractivity contribution is 5.97. The summed E-state index contributed by atoms with van der Waals surface area (Å²) >= 11 is 0. The molecule has 5 heteroatoms. The third kappa shape index (κ3) is 4.25. The largest absolute Gasteiger partial charge is 0.366 e. The Morgan fingerprint density at radius 1 is 0.862 bits per heavy atom. The molecule has 0 aliphatic carbocycles. The second-order valence-electron chi connectivity index (χ2n) is 6.74. The number of nitrogens with two attached hydrogens (primary N) is 1. The topological polar surface area (TPSA) is 72.9 Å². The Hall–Kier alpha value is -3.70. The average Bonchev–Trinajstić information content (AvgIpc) is 3.23. The predicted octanol–water partition coefficient (Wildman–Crippen LogP) is 4.31. The van der Waals surface area contributed by atoms with E-state index in [1.807, 2.05) is 78.9 Å². The van der Waals surface area contributed by atoms with E-state index in [2.05, 4.69) is 10.4 Å². The molecule has 4 aromatic rings. The lowest BCUT2D eigenvalue weighted by molar-refractivity contribution is 0.0948. The van der Waals surface area contributed by atoms with Crippen LogP contribution in [0.3, 0.4) is 0 Å². The Balaban J connectivity index is 1.67. The standard InChI is InChI=1S/C24H22N4O/c25-16-18-11-13-21(14-12-18)24(29)28-23(26-17-19-7-3-1-4-8-19)15-22(27-28)20-9-5-2-6-10-20/h1-15,26H,16-17,25H2. The number of hydrogen-bond donors (Lipinski definition) is 2. The summed E-state index contributed by atoms with van der Waals surface area (Å²) in [6.45, 7) is 1.04. The van der Waals surface area contributed by atoms with E-state index in [-0.39, 0.29) is 5.91 Å². The molecule has 0 unspecified atom stereocenters. The molecule has 0 atom stereocenters. The van der Waals surface area contributed by atoms with Crippen LogP contribution in [0.4, 0.5) is 5.82 Å². The minimum absolute atomic E-state index is 0.189. The van der Waals surface area contributed by atoms with Crippen molar-refractivity contribution in [3.05, 3.63) is 108 Å². The minimum atomic E-state index is -0.189. The number of benzene rings is 3. The number of carbonyl (C=O) groups excluding carboxylic acids is 1. The van der Waals surface area contributed by atoms with Gasteiger partial charge in [0.2, 0.25) is 0 Å². The van der Waals surface area contributed by atoms with Gasteiger partial charge < -0.3 is 11.1 Å². The molecule has 0 amide bonds. The first kappa shape index (κ1) is 18.7. The molecule has 0 fully saturated rings. The molecule has 1 heterocycles. The molecule has 0 saturated heterocycles. The lowest BCUT2D eigenvalue weighted by Gasteiger charge is -2.09. The molecule has 3 aromatic carbocycles. The molecule has 0 bridgehead atoms. The Labute approximate surface area is 169 Å². The first-order valence-electron chi connectivity index (χ1n) is 9.51. The predicted molar refractivity (Wildman–Crippen MR) is 115 cm³/mol. The molecule has 144 valence electrons. The number of rotatable bonds is 6. The molecule has 3 N–H and O–H groups in total. The van der Waals surface area contributed by atoms with E-state index < -0.39 is 0 Å². The number of aromatic nitrogens is 2. The van der Waals surface area contributed by atoms with Gasteiger partial charge in [-0.2, -0.15) is 9.78 Å². The molecule has 0 aliphatic rings. The maximum absolute atomic E-state index is 13.2. The Bertz CT molecular complexity index is 1090. The molecular weight excluding hydrogens is 360 g/mol. The molecule has 29 heavy (non-hydrogen) atoms. The highest BCUT2D eigenvalue weighted by Gasteiger charge is 2.17. The fourth-order valence-corrected chi connectivity index (χ4v) is 3.11. The van der Waals surface area contributed by atoms with Gasteiger partial charge in [0.05, 0.1) is 5.69 Å². The zero-order chi connectivity index (χ0) is 20.1. The lowest BCUT2D eigenvalue weighted by Crippen LogP contribution is -2.17. The molecule has 4 rings (SSSR count). The first-order valence-corrected chi connectivity index (χ1v) is 9.51. The summed E-state index contributed by atoms with van der Waals surface area (Å²) in [5, 5.41) is 7.94. The fourth-order valence-electron chi connectivity index (χ4n) is 3.11. The average molecular weight is 382 g/mol. The first-order chi connectivity index (χ1) is 14.2. The highest BCUT2D eigenvalue weighted by atomic mass is 16.2. The zero-order valence-corrected chi connectivity index (χ0v) is 16.0. The normalized spacial score (nSPS) is 10.7. The Morgan fingerprint density at radius 2 is 1.52 bits per heavy atom. The van der Waals surface area contributed by atoms with Crippen LogP contribution in [0.25, 0.3) is 11.3 Å². The maximum Gasteiger partial charge on any atom is 0.280 e. The third-order valence-electron chi connectivity index (χ3n) is 4.72. The van der Waals surface area contributed by atoms with E-state index in [0.717, 1.165) is 22.4 Å². The number of anilines is 1. The molecule has 0 spiro atoms. The van der Waals surface area contributed by atoms with Gasteiger partial charge in [-0.3, -0.25) is 4.79 Å². The van der Waals surface area contributed by atoms with E-state index in [4.69, 9.17) is 5.73 Å². The molecular formula is C24H22N4O. The van der Waals surface area contributed by atoms with Crippen molar-refractivity contribution in [2.45, 2.75) is 13.1 Å². The summed E-state index contributed by atoms with van der Waals surface area (Å²) in [6, 6.07) is 29.1. The molecule has 1 aromatic heterocycles. The van der Waals surface area contributed by atoms with Gasteiger partial charge in [0.1, 0.15) is 5.82 Å². The van der Waals surface area contributed by atoms with Crippen molar-refractivity contribution in [2.24, 2.45) is 5.73 Å². The smallest absolute Gasteiger partial charge is 0.280 e. The molecule has 0 radical (unpaired) electrons. The SMILES string of the molecule is NCc1ccc(C(=O)n2nc(-c3ccccc3)cc2NCc2ccccc2)cc1. The van der Waals surface area contributed by atoms with Crippen molar-refractivity contribution < 1.29 is 4.79 Å². The second kappa shape index (κ2) is 8.54. The maximum atomic E-state index is 13.2. The van der Waals surface area contributed by atoms with Gasteiger partial charge in [-0.05, 0) is 23.3 Å². The number of nitrogens with zero attached hydrogens (tertiary/aromatic N) is 2. The molecule has 0 aliphatic heterocycles. The monoisotopic (exact) mass is 382 g/mol. The highest BCUT2D eigenvalue weighted by Crippen LogP contribution is 2.23. The van der Waals surface area contributed by atoms with E-state index >= 15 is 0 Å². The third-order valence-corrected chi connectivity index (χ3v) is 4.72. The zero-order valence-electron chi connectivity index (χ0n) is 16.0. The van der Waals surface area contributed by atoms with E-state index in [1.165, 1.54) is 4.68 Å². The summed E-state index contributed by atoms with van der Waals surface area (Å²) in [6.07, 6.45) is 0. The summed E-state index contributed by atoms with van der Waals surface area (Å²) in [5.41, 5.74) is 10.0. The second-order valence-corrected chi connectivity index (χ2v) is 6.74. The van der Waals surface area contributed by atoms with Crippen molar-refractivity contribution in [1.82, 2.24) is 9.78 Å². The van der Waals surface area contributed by atoms with Gasteiger partial charge in [0.15, 0.2) is 0 Å². The van der Waals surface area contributed by atoms with Crippen LogP contribution in [0.2, 0.25) is 0 Å². The summed E-state index contributed by atoms with van der Waals surface area (Å²) in [5.74, 6) is 0.465. The van der Waals surface area contributed by atoms with Crippen molar-refractivity contribution in [3.63, 3.8) is 0 Å². The lowest BCUT2D eigenvalue weighted by atomic mass is 10.1. The van der Waals surface area contributed by atoms with Gasteiger partial charge in [-0.1, -0.05) is 72.8 Å². The molecule has 0 saturated carbocycles. The fraction of sp³-hybridized carbons (Fsp3) is 0.0833. The summed E-state index contributed by atoms with van der Waals surface area (Å²) in [7, 11) is 0. The van der Waals surface area contributed by atoms with Crippen molar-refractivity contribution in [1.29, 1.82) is 0 Å². The van der Waals surface area contributed by atoms with Gasteiger partial charge in [-0.15, -0.1) is 0 Å². The number of hydrogen-bond acceptors (Lipinski definition) is 4. The summed E-state index contributed by atoms with van der Waals surface area (Å²) < 4.78 is 1.43. The van der Waals surface area contributed by atoms with Crippen LogP contribution in [0, 0.1) is 0 Å². The van der Waals surface area contributed by atoms with Crippen molar-refractivity contribution in [2.75, 3.05) is 5.32 Å². The van der Waals surface area contributed by atoms with Gasteiger partial charge in [0, 0.05) is 30.3 Å². The number of carbonyl (C=O) groups is 1. The number of nitrogens with one attached hydrogen (secondary N) is 1. The van der Waals surface area contributed by atoms with E-state index in [1.54, 1.807) is 12.1 Å². The van der Waals surface area contributed by atoms with E-state index in [0.29, 0.717) is 24.5 Å². The van der Waals surface area contributed by atoms with Crippen LogP contribution >= 0.6 is 0 Å². The summed E-state index contributed by atoms with van der Waals surface area (Å²) in [4.78, 5) is 13.2. The van der Waals surface area contributed by atoms with Crippen molar-refractivity contribution in [3.8, 4) is 11.3 Å². The van der Waals surface area contributed by atoms with Gasteiger partial charge in [-0.25, -0.2) is 0 Å². The van der Waals surface area contributed by atoms with Crippen LogP contribution in [0.5, 0.6) is 0 Å². The Morgan fingerprint density at radius 3 is 2.17 bits per heavy atom. The van der Waals surface area contributed by atoms with Gasteiger partial charge >= 0.3 is 0 Å². The van der Waals surface area contributed by atoms with Gasteiger partial charge in [0.25, 0.3) is 5.91 Å². The van der Waals surface area contributed by atoms with Crippen molar-refractivity contribution >= 4 is 11.7 Å². The van der Waals surface area contributed by atoms with Crippen LogP contribution in [-0.2, 0) is 13.1 Å². The van der Waals surface area contributed by atoms with Crippen LogP contribution < -0.4 is 11.1 Å². The Kier molecular flexibility index (Phi) is 5.49. The van der Waals surface area contributed by atoms with Crippen LogP contribution in [0.15, 0.2) is 91.0 Å². The molecule has 5 nitrogen and oxygen atoms in total.